The summed E-state index contributed by atoms with van der Waals surface area (Å²) >= 11 is 0. The van der Waals surface area contributed by atoms with Crippen LogP contribution < -0.4 is 5.32 Å². The molecule has 2 aromatic carbocycles. The maximum absolute atomic E-state index is 13.2. The van der Waals surface area contributed by atoms with Gasteiger partial charge < -0.3 is 15.2 Å². The Labute approximate surface area is 176 Å². The molecule has 1 aliphatic carbocycles. The number of aromatic amines is 1. The van der Waals surface area contributed by atoms with Crippen LogP contribution in [-0.4, -0.2) is 33.4 Å². The maximum Gasteiger partial charge on any atom is 0.290 e. The van der Waals surface area contributed by atoms with Gasteiger partial charge in [0.15, 0.2) is 5.82 Å². The molecule has 0 unspecified atom stereocenters. The van der Waals surface area contributed by atoms with Gasteiger partial charge in [-0.2, -0.15) is 5.26 Å². The third kappa shape index (κ3) is 4.20. The Morgan fingerprint density at radius 3 is 2.90 bits per heavy atom. The van der Waals surface area contributed by atoms with Gasteiger partial charge >= 0.3 is 0 Å². The number of aromatic nitrogens is 2. The summed E-state index contributed by atoms with van der Waals surface area (Å²) in [4.78, 5) is 22.6. The molecular weight excluding hydrogens is 374 g/mol. The molecule has 1 atom stereocenters. The number of benzene rings is 2. The smallest absolute Gasteiger partial charge is 0.290 e. The Kier molecular flexibility index (Phi) is 5.80. The van der Waals surface area contributed by atoms with Crippen LogP contribution in [0.2, 0.25) is 0 Å². The second kappa shape index (κ2) is 8.83. The molecule has 152 valence electrons. The number of imidazole rings is 1. The van der Waals surface area contributed by atoms with Gasteiger partial charge in [-0.15, -0.1) is 0 Å². The number of allylic oxidation sites excluding steroid dienone is 1. The van der Waals surface area contributed by atoms with Crippen LogP contribution in [0.4, 0.5) is 0 Å². The van der Waals surface area contributed by atoms with Crippen molar-refractivity contribution in [2.75, 3.05) is 6.54 Å². The van der Waals surface area contributed by atoms with Crippen LogP contribution >= 0.6 is 0 Å². The van der Waals surface area contributed by atoms with E-state index in [1.54, 1.807) is 18.2 Å². The Morgan fingerprint density at radius 2 is 2.13 bits per heavy atom. The number of hydrogen-bond acceptors (Lipinski definition) is 4. The normalized spacial score (nSPS) is 16.0. The fourth-order valence-corrected chi connectivity index (χ4v) is 3.95. The fourth-order valence-electron chi connectivity index (χ4n) is 3.95. The highest BCUT2D eigenvalue weighted by Crippen LogP contribution is 2.23. The molecule has 6 nitrogen and oxygen atoms in total. The van der Waals surface area contributed by atoms with E-state index in [4.69, 9.17) is 5.26 Å². The van der Waals surface area contributed by atoms with E-state index in [9.17, 15) is 4.79 Å². The summed E-state index contributed by atoms with van der Waals surface area (Å²) in [6.45, 7) is 3.38. The number of carbonyl (C=O) groups is 1. The van der Waals surface area contributed by atoms with E-state index in [0.29, 0.717) is 23.4 Å². The molecule has 2 N–H and O–H groups in total. The van der Waals surface area contributed by atoms with Gasteiger partial charge in [0.1, 0.15) is 0 Å². The molecule has 0 saturated carbocycles. The topological polar surface area (TPSA) is 84.8 Å². The summed E-state index contributed by atoms with van der Waals surface area (Å²) in [6.07, 6.45) is 5.16. The molecule has 0 saturated heterocycles. The Bertz CT molecular complexity index is 1110. The molecule has 1 aliphatic rings. The number of nitrogens with one attached hydrogen (secondary N) is 2. The first-order chi connectivity index (χ1) is 14.7. The molecule has 1 amide bonds. The van der Waals surface area contributed by atoms with Gasteiger partial charge in [-0.25, -0.2) is 4.98 Å². The molecule has 0 bridgehead atoms. The standard InChI is InChI=1S/C24H25N5O/c1-2-29(24(30)23-27-21-12-11-18(15-25)13-22(21)28-23)20-10-6-9-19(14-20)26-16-17-7-4-3-5-8-17/h3-5,7-8,11-14,20,26H,2,6,9-10,16H2,1H3,(H,27,28)/t20-/m0/s1. The predicted octanol–water partition coefficient (Wildman–Crippen LogP) is 4.12. The van der Waals surface area contributed by atoms with E-state index < -0.39 is 0 Å². The van der Waals surface area contributed by atoms with Crippen molar-refractivity contribution < 1.29 is 4.79 Å². The molecule has 0 radical (unpaired) electrons. The van der Waals surface area contributed by atoms with E-state index in [1.807, 2.05) is 30.0 Å². The summed E-state index contributed by atoms with van der Waals surface area (Å²) in [6, 6.07) is 17.7. The summed E-state index contributed by atoms with van der Waals surface area (Å²) in [5, 5.41) is 12.6. The quantitative estimate of drug-likeness (QED) is 0.653. The lowest BCUT2D eigenvalue weighted by molar-refractivity contribution is 0.0700. The number of H-pyrrole nitrogens is 1. The molecule has 0 aliphatic heterocycles. The van der Waals surface area contributed by atoms with Crippen LogP contribution in [0.1, 0.15) is 47.9 Å². The van der Waals surface area contributed by atoms with Crippen molar-refractivity contribution in [1.29, 1.82) is 5.26 Å². The number of nitrogens with zero attached hydrogens (tertiary/aromatic N) is 3. The lowest BCUT2D eigenvalue weighted by Crippen LogP contribution is -2.41. The van der Waals surface area contributed by atoms with Crippen molar-refractivity contribution in [3.63, 3.8) is 0 Å². The maximum atomic E-state index is 13.2. The zero-order valence-electron chi connectivity index (χ0n) is 17.1. The first kappa shape index (κ1) is 19.7. The van der Waals surface area contributed by atoms with E-state index in [0.717, 1.165) is 31.3 Å². The largest absolute Gasteiger partial charge is 0.384 e. The van der Waals surface area contributed by atoms with Gasteiger partial charge in [-0.05, 0) is 56.0 Å². The van der Waals surface area contributed by atoms with Crippen LogP contribution in [0, 0.1) is 11.3 Å². The van der Waals surface area contributed by atoms with Gasteiger partial charge in [0.25, 0.3) is 5.91 Å². The zero-order chi connectivity index (χ0) is 20.9. The van der Waals surface area contributed by atoms with E-state index in [-0.39, 0.29) is 11.9 Å². The minimum absolute atomic E-state index is 0.0393. The van der Waals surface area contributed by atoms with E-state index in [2.05, 4.69) is 39.6 Å². The number of amides is 1. The van der Waals surface area contributed by atoms with Crippen molar-refractivity contribution in [3.05, 3.63) is 77.3 Å². The van der Waals surface area contributed by atoms with Crippen molar-refractivity contribution in [1.82, 2.24) is 20.2 Å². The summed E-state index contributed by atoms with van der Waals surface area (Å²) in [5.74, 6) is 0.206. The third-order valence-corrected chi connectivity index (χ3v) is 5.52. The lowest BCUT2D eigenvalue weighted by Gasteiger charge is -2.32. The van der Waals surface area contributed by atoms with Gasteiger partial charge in [0.2, 0.25) is 0 Å². The average Bonchev–Trinajstić information content (AvgIpc) is 3.22. The monoisotopic (exact) mass is 399 g/mol. The van der Waals surface area contributed by atoms with Crippen LogP contribution in [0.25, 0.3) is 11.0 Å². The SMILES string of the molecule is CCN(C(=O)c1nc2cc(C#N)ccc2[nH]1)[C@@H]1C=C(NCc2ccccc2)CCC1. The fraction of sp³-hybridized carbons (Fsp3) is 0.292. The number of rotatable bonds is 6. The Hall–Kier alpha value is -3.59. The number of nitriles is 1. The molecule has 0 fully saturated rings. The predicted molar refractivity (Wildman–Crippen MR) is 117 cm³/mol. The highest BCUT2D eigenvalue weighted by Gasteiger charge is 2.26. The molecule has 30 heavy (non-hydrogen) atoms. The summed E-state index contributed by atoms with van der Waals surface area (Å²) in [5.41, 5.74) is 4.35. The minimum atomic E-state index is -0.113. The van der Waals surface area contributed by atoms with Crippen LogP contribution in [0.3, 0.4) is 0 Å². The van der Waals surface area contributed by atoms with Crippen molar-refractivity contribution in [2.24, 2.45) is 0 Å². The molecule has 0 spiro atoms. The van der Waals surface area contributed by atoms with Gasteiger partial charge in [0.05, 0.1) is 28.7 Å². The van der Waals surface area contributed by atoms with Crippen LogP contribution in [-0.2, 0) is 6.54 Å². The highest BCUT2D eigenvalue weighted by atomic mass is 16.2. The van der Waals surface area contributed by atoms with Crippen molar-refractivity contribution in [2.45, 2.75) is 38.8 Å². The van der Waals surface area contributed by atoms with Crippen molar-refractivity contribution >= 4 is 16.9 Å². The van der Waals surface area contributed by atoms with E-state index >= 15 is 0 Å². The molecule has 1 aromatic heterocycles. The number of hydrogen-bond donors (Lipinski definition) is 2. The number of likely N-dealkylation sites (N-methyl/N-ethyl adjacent to an activating group) is 1. The second-order valence-electron chi connectivity index (χ2n) is 7.51. The summed E-state index contributed by atoms with van der Waals surface area (Å²) < 4.78 is 0. The van der Waals surface area contributed by atoms with Gasteiger partial charge in [0, 0.05) is 18.8 Å². The zero-order valence-corrected chi connectivity index (χ0v) is 17.1. The molecule has 6 heteroatoms. The molecule has 4 rings (SSSR count). The molecule has 3 aromatic rings. The minimum Gasteiger partial charge on any atom is -0.384 e. The van der Waals surface area contributed by atoms with Crippen LogP contribution in [0.5, 0.6) is 0 Å². The lowest BCUT2D eigenvalue weighted by atomic mass is 9.98. The van der Waals surface area contributed by atoms with Crippen molar-refractivity contribution in [3.8, 4) is 6.07 Å². The second-order valence-corrected chi connectivity index (χ2v) is 7.51. The molecule has 1 heterocycles. The van der Waals surface area contributed by atoms with Gasteiger partial charge in [-0.3, -0.25) is 4.79 Å². The van der Waals surface area contributed by atoms with Crippen LogP contribution in [0.15, 0.2) is 60.3 Å². The Balaban J connectivity index is 1.50. The first-order valence-electron chi connectivity index (χ1n) is 10.4. The number of fused-ring (bicyclic) bond motifs is 1. The summed E-state index contributed by atoms with van der Waals surface area (Å²) in [7, 11) is 0. The Morgan fingerprint density at radius 1 is 1.30 bits per heavy atom. The van der Waals surface area contributed by atoms with E-state index in [1.165, 1.54) is 11.3 Å². The highest BCUT2D eigenvalue weighted by molar-refractivity contribution is 5.94. The first-order valence-corrected chi connectivity index (χ1v) is 10.4. The average molecular weight is 399 g/mol. The number of carbonyl (C=O) groups excluding carboxylic acids is 1. The molecular formula is C24H25N5O. The third-order valence-electron chi connectivity index (χ3n) is 5.52. The van der Waals surface area contributed by atoms with Gasteiger partial charge in [-0.1, -0.05) is 30.3 Å².